The molecule has 1 N–H and O–H groups in total. The van der Waals surface area contributed by atoms with Gasteiger partial charge in [0.15, 0.2) is 0 Å². The molecular formula is C23H26N2O3. The molecule has 1 fully saturated rings. The first-order valence-corrected chi connectivity index (χ1v) is 9.85. The molecule has 1 unspecified atom stereocenters. The Kier molecular flexibility index (Phi) is 4.61. The second-order valence-electron chi connectivity index (χ2n) is 7.92. The maximum absolute atomic E-state index is 13.1. The Bertz CT molecular complexity index is 933. The molecule has 5 heteroatoms. The number of ether oxygens (including phenoxy) is 1. The number of hydrogen-bond acceptors (Lipinski definition) is 3. The van der Waals surface area contributed by atoms with Crippen LogP contribution in [0.1, 0.15) is 41.2 Å². The molecule has 2 aliphatic rings. The summed E-state index contributed by atoms with van der Waals surface area (Å²) in [4.78, 5) is 26.9. The van der Waals surface area contributed by atoms with Crippen LogP contribution in [0.2, 0.25) is 0 Å². The molecule has 1 heterocycles. The highest BCUT2D eigenvalue weighted by molar-refractivity contribution is 6.07. The van der Waals surface area contributed by atoms with Crippen molar-refractivity contribution >= 4 is 11.9 Å². The van der Waals surface area contributed by atoms with Crippen molar-refractivity contribution in [2.75, 3.05) is 13.2 Å². The third-order valence-corrected chi connectivity index (χ3v) is 5.92. The number of hydrogen-bond donors (Lipinski definition) is 1. The Morgan fingerprint density at radius 3 is 2.54 bits per heavy atom. The van der Waals surface area contributed by atoms with Gasteiger partial charge in [-0.1, -0.05) is 36.4 Å². The first-order valence-electron chi connectivity index (χ1n) is 9.85. The minimum Gasteiger partial charge on any atom is -0.491 e. The van der Waals surface area contributed by atoms with Crippen molar-refractivity contribution in [3.8, 4) is 5.75 Å². The Balaban J connectivity index is 1.48. The lowest BCUT2D eigenvalue weighted by molar-refractivity contribution is -0.131. The molecule has 1 aliphatic carbocycles. The molecule has 0 radical (unpaired) electrons. The number of imide groups is 1. The quantitative estimate of drug-likeness (QED) is 0.808. The van der Waals surface area contributed by atoms with E-state index in [-0.39, 0.29) is 25.1 Å². The minimum absolute atomic E-state index is 0.221. The van der Waals surface area contributed by atoms with E-state index in [4.69, 9.17) is 4.74 Å². The summed E-state index contributed by atoms with van der Waals surface area (Å²) < 4.78 is 5.89. The van der Waals surface area contributed by atoms with Gasteiger partial charge in [-0.25, -0.2) is 4.79 Å². The topological polar surface area (TPSA) is 58.6 Å². The number of fused-ring (bicyclic) bond motifs is 1. The second kappa shape index (κ2) is 6.97. The van der Waals surface area contributed by atoms with Gasteiger partial charge in [-0.15, -0.1) is 0 Å². The predicted octanol–water partition coefficient (Wildman–Crippen LogP) is 3.64. The molecule has 1 saturated heterocycles. The van der Waals surface area contributed by atoms with Crippen LogP contribution in [0.4, 0.5) is 4.79 Å². The van der Waals surface area contributed by atoms with Crippen LogP contribution < -0.4 is 10.1 Å². The highest BCUT2D eigenvalue weighted by Crippen LogP contribution is 2.32. The molecule has 146 valence electrons. The van der Waals surface area contributed by atoms with Crippen molar-refractivity contribution in [2.24, 2.45) is 0 Å². The fraction of sp³-hybridized carbons (Fsp3) is 0.391. The van der Waals surface area contributed by atoms with Crippen LogP contribution in [0.5, 0.6) is 5.75 Å². The van der Waals surface area contributed by atoms with Crippen LogP contribution in [0, 0.1) is 13.8 Å². The number of urea groups is 1. The smallest absolute Gasteiger partial charge is 0.325 e. The maximum atomic E-state index is 13.1. The molecule has 4 rings (SSSR count). The van der Waals surface area contributed by atoms with Crippen LogP contribution >= 0.6 is 0 Å². The predicted molar refractivity (Wildman–Crippen MR) is 107 cm³/mol. The maximum Gasteiger partial charge on any atom is 0.325 e. The second-order valence-corrected chi connectivity index (χ2v) is 7.92. The van der Waals surface area contributed by atoms with Crippen molar-refractivity contribution in [3.63, 3.8) is 0 Å². The Morgan fingerprint density at radius 2 is 1.79 bits per heavy atom. The molecule has 2 aromatic rings. The van der Waals surface area contributed by atoms with E-state index in [9.17, 15) is 9.59 Å². The largest absolute Gasteiger partial charge is 0.491 e. The number of para-hydroxylation sites is 1. The summed E-state index contributed by atoms with van der Waals surface area (Å²) >= 11 is 0. The lowest BCUT2D eigenvalue weighted by Crippen LogP contribution is -2.41. The van der Waals surface area contributed by atoms with Gasteiger partial charge in [0.25, 0.3) is 5.91 Å². The summed E-state index contributed by atoms with van der Waals surface area (Å²) in [6.07, 6.45) is 3.28. The van der Waals surface area contributed by atoms with Crippen LogP contribution in [0.25, 0.3) is 0 Å². The van der Waals surface area contributed by atoms with Crippen molar-refractivity contribution in [2.45, 2.75) is 45.6 Å². The zero-order valence-electron chi connectivity index (χ0n) is 16.7. The number of carbonyl (C=O) groups is 2. The highest BCUT2D eigenvalue weighted by Gasteiger charge is 2.49. The number of rotatable bonds is 5. The van der Waals surface area contributed by atoms with Crippen LogP contribution in [0.15, 0.2) is 36.4 Å². The summed E-state index contributed by atoms with van der Waals surface area (Å²) in [5.74, 6) is 0.594. The third-order valence-electron chi connectivity index (χ3n) is 5.92. The fourth-order valence-electron chi connectivity index (χ4n) is 4.24. The summed E-state index contributed by atoms with van der Waals surface area (Å²) in [7, 11) is 0. The molecule has 3 amide bonds. The van der Waals surface area contributed by atoms with Crippen molar-refractivity contribution in [1.29, 1.82) is 0 Å². The van der Waals surface area contributed by atoms with Gasteiger partial charge in [-0.2, -0.15) is 0 Å². The van der Waals surface area contributed by atoms with Gasteiger partial charge < -0.3 is 10.1 Å². The molecule has 28 heavy (non-hydrogen) atoms. The van der Waals surface area contributed by atoms with Gasteiger partial charge >= 0.3 is 6.03 Å². The van der Waals surface area contributed by atoms with Crippen LogP contribution in [0.3, 0.4) is 0 Å². The first kappa shape index (κ1) is 18.5. The van der Waals surface area contributed by atoms with E-state index in [2.05, 4.69) is 17.4 Å². The van der Waals surface area contributed by atoms with Gasteiger partial charge in [0.05, 0.1) is 6.54 Å². The summed E-state index contributed by atoms with van der Waals surface area (Å²) in [6.45, 7) is 6.25. The average Bonchev–Trinajstić information content (AvgIpc) is 3.21. The van der Waals surface area contributed by atoms with E-state index >= 15 is 0 Å². The van der Waals surface area contributed by atoms with Gasteiger partial charge in [0.2, 0.25) is 0 Å². The van der Waals surface area contributed by atoms with Gasteiger partial charge in [0.1, 0.15) is 17.9 Å². The summed E-state index contributed by atoms with van der Waals surface area (Å²) in [6, 6.07) is 11.7. The molecule has 0 bridgehead atoms. The number of aryl methyl sites for hydroxylation is 4. The average molecular weight is 378 g/mol. The van der Waals surface area contributed by atoms with Crippen LogP contribution in [-0.2, 0) is 23.2 Å². The summed E-state index contributed by atoms with van der Waals surface area (Å²) in [5, 5.41) is 2.89. The van der Waals surface area contributed by atoms with E-state index < -0.39 is 5.54 Å². The molecule has 0 spiro atoms. The van der Waals surface area contributed by atoms with Crippen molar-refractivity contribution in [1.82, 2.24) is 10.2 Å². The van der Waals surface area contributed by atoms with Gasteiger partial charge in [0, 0.05) is 0 Å². The Hall–Kier alpha value is -2.82. The Morgan fingerprint density at radius 1 is 1.07 bits per heavy atom. The van der Waals surface area contributed by atoms with Gasteiger partial charge in [-0.3, -0.25) is 9.69 Å². The monoisotopic (exact) mass is 378 g/mol. The molecule has 1 aliphatic heterocycles. The van der Waals surface area contributed by atoms with Gasteiger partial charge in [-0.05, 0) is 67.9 Å². The van der Waals surface area contributed by atoms with E-state index in [0.717, 1.165) is 41.7 Å². The van der Waals surface area contributed by atoms with Crippen molar-refractivity contribution in [3.05, 3.63) is 64.2 Å². The van der Waals surface area contributed by atoms with Crippen molar-refractivity contribution < 1.29 is 14.3 Å². The number of amides is 3. The zero-order chi connectivity index (χ0) is 19.9. The molecule has 2 aromatic carbocycles. The number of benzene rings is 2. The van der Waals surface area contributed by atoms with E-state index in [1.165, 1.54) is 16.0 Å². The van der Waals surface area contributed by atoms with Crippen LogP contribution in [-0.4, -0.2) is 30.0 Å². The molecule has 0 aromatic heterocycles. The molecule has 0 saturated carbocycles. The van der Waals surface area contributed by atoms with E-state index in [1.54, 1.807) is 6.92 Å². The molecule has 1 atom stereocenters. The standard InChI is InChI=1S/C23H26N2O3/c1-15-6-4-7-16(2)20(15)28-13-12-25-21(26)23(3,24-22(25)27)19-11-10-17-8-5-9-18(17)14-19/h4,6-7,10-11,14H,5,8-9,12-13H2,1-3H3,(H,24,27). The van der Waals surface area contributed by atoms with E-state index in [1.807, 2.05) is 38.1 Å². The SMILES string of the molecule is Cc1cccc(C)c1OCCN1C(=O)NC(C)(c2ccc3c(c2)CCC3)C1=O. The number of nitrogens with one attached hydrogen (secondary N) is 1. The molecular weight excluding hydrogens is 352 g/mol. The normalized spacial score (nSPS) is 21.0. The zero-order valence-corrected chi connectivity index (χ0v) is 16.7. The van der Waals surface area contributed by atoms with E-state index in [0.29, 0.717) is 0 Å². The number of nitrogens with zero attached hydrogens (tertiary/aromatic N) is 1. The minimum atomic E-state index is -1.02. The summed E-state index contributed by atoms with van der Waals surface area (Å²) in [5.41, 5.74) is 4.55. The third kappa shape index (κ3) is 3.05. The fourth-order valence-corrected chi connectivity index (χ4v) is 4.24. The Labute approximate surface area is 165 Å². The number of carbonyl (C=O) groups excluding carboxylic acids is 2. The lowest BCUT2D eigenvalue weighted by Gasteiger charge is -2.23. The highest BCUT2D eigenvalue weighted by atomic mass is 16.5. The lowest BCUT2D eigenvalue weighted by atomic mass is 9.90. The first-order chi connectivity index (χ1) is 13.4. The molecule has 5 nitrogen and oxygen atoms in total.